The molecule has 1 atom stereocenters. The Kier molecular flexibility index (Phi) is 7.29. The van der Waals surface area contributed by atoms with Crippen LogP contribution in [0.3, 0.4) is 0 Å². The number of carbonyl (C=O) groups is 3. The van der Waals surface area contributed by atoms with Crippen molar-refractivity contribution in [3.63, 3.8) is 0 Å². The lowest BCUT2D eigenvalue weighted by Crippen LogP contribution is -2.36. The van der Waals surface area contributed by atoms with Gasteiger partial charge in [0.2, 0.25) is 6.79 Å². The van der Waals surface area contributed by atoms with Crippen molar-refractivity contribution in [3.05, 3.63) is 23.3 Å². The van der Waals surface area contributed by atoms with Crippen LogP contribution < -0.4 is 9.39 Å². The van der Waals surface area contributed by atoms with Crippen LogP contribution >= 0.6 is 0 Å². The van der Waals surface area contributed by atoms with E-state index in [1.54, 1.807) is 39.8 Å². The highest BCUT2D eigenvalue weighted by Crippen LogP contribution is 2.40. The average molecular weight is 406 g/mol. The molecule has 1 N–H and O–H groups in total. The van der Waals surface area contributed by atoms with E-state index in [4.69, 9.17) is 18.9 Å². The van der Waals surface area contributed by atoms with E-state index in [0.29, 0.717) is 18.4 Å². The second-order valence-electron chi connectivity index (χ2n) is 7.93. The van der Waals surface area contributed by atoms with Crippen molar-refractivity contribution in [3.8, 4) is 11.5 Å². The highest BCUT2D eigenvalue weighted by Gasteiger charge is 2.39. The number of carbonyl (C=O) groups excluding carboxylic acids is 3. The van der Waals surface area contributed by atoms with Gasteiger partial charge in [0.05, 0.1) is 12.5 Å². The lowest BCUT2D eigenvalue weighted by Gasteiger charge is -2.29. The Balaban J connectivity index is 2.20. The highest BCUT2D eigenvalue weighted by molar-refractivity contribution is 6.47. The summed E-state index contributed by atoms with van der Waals surface area (Å²) in [5, 5.41) is 10.3. The Morgan fingerprint density at radius 1 is 1.24 bits per heavy atom. The minimum absolute atomic E-state index is 0.00359. The Bertz CT molecular complexity index is 783. The number of benzene rings is 1. The van der Waals surface area contributed by atoms with Gasteiger partial charge in [-0.25, -0.2) is 4.79 Å². The van der Waals surface area contributed by atoms with Gasteiger partial charge < -0.3 is 23.9 Å². The standard InChI is InChI=1S/C20H27BO8/c1-6-14(22)10-13-9-12-7-8-15(26-5)16(17(12)29-21(13)25)18(23)27-11-28-19(24)20(2,3)4/h7-8,13,25H,6,9-11H2,1-5H3/t13-/m1/s1. The SMILES string of the molecule is CCC(=O)C[C@H]1Cc2ccc(OC)c(C(=O)OCOC(=O)C(C)(C)C)c2OB1O. The average Bonchev–Trinajstić information content (AvgIpc) is 2.66. The first kappa shape index (κ1) is 22.7. The Morgan fingerprint density at radius 3 is 2.52 bits per heavy atom. The molecule has 2 rings (SSSR count). The molecule has 0 spiro atoms. The molecule has 1 heterocycles. The number of fused-ring (bicyclic) bond motifs is 1. The van der Waals surface area contributed by atoms with E-state index in [1.807, 2.05) is 0 Å². The van der Waals surface area contributed by atoms with E-state index >= 15 is 0 Å². The van der Waals surface area contributed by atoms with E-state index in [9.17, 15) is 19.4 Å². The maximum absolute atomic E-state index is 12.6. The van der Waals surface area contributed by atoms with E-state index in [1.165, 1.54) is 7.11 Å². The number of ketones is 1. The maximum atomic E-state index is 12.6. The largest absolute Gasteiger partial charge is 0.535 e. The molecule has 9 heteroatoms. The first-order chi connectivity index (χ1) is 13.6. The predicted octanol–water partition coefficient (Wildman–Crippen LogP) is 2.55. The minimum Gasteiger partial charge on any atom is -0.535 e. The van der Waals surface area contributed by atoms with Crippen LogP contribution in [0.4, 0.5) is 0 Å². The third kappa shape index (κ3) is 5.50. The predicted molar refractivity (Wildman–Crippen MR) is 105 cm³/mol. The molecule has 1 aliphatic rings. The molecule has 0 unspecified atom stereocenters. The van der Waals surface area contributed by atoms with Gasteiger partial charge in [-0.3, -0.25) is 9.59 Å². The van der Waals surface area contributed by atoms with Crippen LogP contribution in [0.2, 0.25) is 5.82 Å². The first-order valence-electron chi connectivity index (χ1n) is 9.49. The molecule has 158 valence electrons. The Labute approximate surface area is 170 Å². The molecule has 0 radical (unpaired) electrons. The van der Waals surface area contributed by atoms with Gasteiger partial charge in [-0.1, -0.05) is 13.0 Å². The third-order valence-electron chi connectivity index (χ3n) is 4.63. The van der Waals surface area contributed by atoms with Gasteiger partial charge >= 0.3 is 19.1 Å². The molecule has 1 aromatic carbocycles. The topological polar surface area (TPSA) is 108 Å². The molecule has 0 fully saturated rings. The van der Waals surface area contributed by atoms with Crippen molar-refractivity contribution >= 4 is 24.8 Å². The van der Waals surface area contributed by atoms with Crippen LogP contribution in [-0.2, 0) is 25.5 Å². The van der Waals surface area contributed by atoms with Gasteiger partial charge in [0.25, 0.3) is 0 Å². The summed E-state index contributed by atoms with van der Waals surface area (Å²) in [5.41, 5.74) is -0.0754. The number of ether oxygens (including phenoxy) is 3. The third-order valence-corrected chi connectivity index (χ3v) is 4.63. The molecule has 0 aliphatic carbocycles. The molecule has 0 bridgehead atoms. The minimum atomic E-state index is -1.24. The summed E-state index contributed by atoms with van der Waals surface area (Å²) < 4.78 is 20.8. The van der Waals surface area contributed by atoms with Crippen molar-refractivity contribution in [2.75, 3.05) is 13.9 Å². The second-order valence-corrected chi connectivity index (χ2v) is 7.93. The van der Waals surface area contributed by atoms with Crippen LogP contribution in [0.25, 0.3) is 0 Å². The second kappa shape index (κ2) is 9.30. The van der Waals surface area contributed by atoms with Gasteiger partial charge in [-0.2, -0.15) is 0 Å². The number of methoxy groups -OCH3 is 1. The normalized spacial score (nSPS) is 15.8. The lowest BCUT2D eigenvalue weighted by atomic mass is 9.64. The van der Waals surface area contributed by atoms with Crippen molar-refractivity contribution in [2.45, 2.75) is 52.8 Å². The van der Waals surface area contributed by atoms with Gasteiger partial charge in [0.1, 0.15) is 22.8 Å². The summed E-state index contributed by atoms with van der Waals surface area (Å²) in [5.74, 6) is -1.36. The molecule has 8 nitrogen and oxygen atoms in total. The molecule has 29 heavy (non-hydrogen) atoms. The van der Waals surface area contributed by atoms with Crippen molar-refractivity contribution in [1.29, 1.82) is 0 Å². The maximum Gasteiger partial charge on any atom is 0.526 e. The molecular weight excluding hydrogens is 379 g/mol. The van der Waals surface area contributed by atoms with Gasteiger partial charge in [-0.15, -0.1) is 0 Å². The summed E-state index contributed by atoms with van der Waals surface area (Å²) >= 11 is 0. The molecule has 1 aromatic rings. The zero-order valence-corrected chi connectivity index (χ0v) is 17.4. The number of hydrogen-bond acceptors (Lipinski definition) is 8. The smallest absolute Gasteiger partial charge is 0.526 e. The van der Waals surface area contributed by atoms with E-state index in [-0.39, 0.29) is 29.3 Å². The van der Waals surface area contributed by atoms with E-state index in [2.05, 4.69) is 0 Å². The summed E-state index contributed by atoms with van der Waals surface area (Å²) in [6, 6.07) is 3.32. The van der Waals surface area contributed by atoms with E-state index < -0.39 is 37.1 Å². The monoisotopic (exact) mass is 406 g/mol. The molecular formula is C20H27BO8. The van der Waals surface area contributed by atoms with Crippen molar-refractivity contribution < 1.29 is 38.3 Å². The van der Waals surface area contributed by atoms with Gasteiger partial charge in [0.15, 0.2) is 0 Å². The Hall–Kier alpha value is -2.55. The lowest BCUT2D eigenvalue weighted by molar-refractivity contribution is -0.161. The number of esters is 2. The molecule has 0 saturated carbocycles. The fraction of sp³-hybridized carbons (Fsp3) is 0.550. The first-order valence-corrected chi connectivity index (χ1v) is 9.49. The Morgan fingerprint density at radius 2 is 1.93 bits per heavy atom. The molecule has 0 saturated heterocycles. The van der Waals surface area contributed by atoms with Gasteiger partial charge in [0, 0.05) is 18.7 Å². The fourth-order valence-electron chi connectivity index (χ4n) is 2.90. The number of hydrogen-bond donors (Lipinski definition) is 1. The fourth-order valence-corrected chi connectivity index (χ4v) is 2.90. The molecule has 0 amide bonds. The quantitative estimate of drug-likeness (QED) is 0.418. The van der Waals surface area contributed by atoms with Gasteiger partial charge in [-0.05, 0) is 38.8 Å². The van der Waals surface area contributed by atoms with Crippen LogP contribution in [-0.4, -0.2) is 43.8 Å². The van der Waals surface area contributed by atoms with Crippen LogP contribution in [0, 0.1) is 5.41 Å². The molecule has 0 aromatic heterocycles. The zero-order valence-electron chi connectivity index (χ0n) is 17.4. The summed E-state index contributed by atoms with van der Waals surface area (Å²) in [7, 11) is 0.149. The highest BCUT2D eigenvalue weighted by atomic mass is 16.7. The summed E-state index contributed by atoms with van der Waals surface area (Å²) in [4.78, 5) is 36.2. The summed E-state index contributed by atoms with van der Waals surface area (Å²) in [6.07, 6.45) is 0.931. The van der Waals surface area contributed by atoms with Crippen LogP contribution in [0.5, 0.6) is 11.5 Å². The van der Waals surface area contributed by atoms with Crippen molar-refractivity contribution in [1.82, 2.24) is 0 Å². The summed E-state index contributed by atoms with van der Waals surface area (Å²) in [6.45, 7) is 6.25. The zero-order chi connectivity index (χ0) is 21.8. The number of rotatable bonds is 7. The number of Topliss-reactive ketones (excluding diaryl/α,β-unsaturated/α-hetero) is 1. The molecule has 1 aliphatic heterocycles. The van der Waals surface area contributed by atoms with Crippen LogP contribution in [0.1, 0.15) is 56.5 Å². The van der Waals surface area contributed by atoms with Crippen LogP contribution in [0.15, 0.2) is 12.1 Å². The van der Waals surface area contributed by atoms with E-state index in [0.717, 1.165) is 0 Å². The van der Waals surface area contributed by atoms with Crippen molar-refractivity contribution in [2.24, 2.45) is 5.41 Å².